The van der Waals surface area contributed by atoms with Crippen molar-refractivity contribution in [2.24, 2.45) is 0 Å². The van der Waals surface area contributed by atoms with Gasteiger partial charge in [-0.1, -0.05) is 12.1 Å². The summed E-state index contributed by atoms with van der Waals surface area (Å²) < 4.78 is 37.9. The lowest BCUT2D eigenvalue weighted by atomic mass is 10.1. The Morgan fingerprint density at radius 3 is 2.38 bits per heavy atom. The Morgan fingerprint density at radius 2 is 1.72 bits per heavy atom. The molecule has 32 heavy (non-hydrogen) atoms. The van der Waals surface area contributed by atoms with Crippen molar-refractivity contribution in [1.82, 2.24) is 9.62 Å². The Morgan fingerprint density at radius 1 is 1.03 bits per heavy atom. The van der Waals surface area contributed by atoms with E-state index in [1.807, 2.05) is 24.3 Å². The SMILES string of the molecule is COc1ccc(S(=O)(=O)N2CCCC2)cc1C(=O)NCc1ccc(N2CCOCC2)cc1. The second-order valence-corrected chi connectivity index (χ2v) is 9.86. The first-order valence-electron chi connectivity index (χ1n) is 10.9. The van der Waals surface area contributed by atoms with Crippen molar-refractivity contribution >= 4 is 21.6 Å². The molecular formula is C23H29N3O5S. The topological polar surface area (TPSA) is 88.2 Å². The van der Waals surface area contributed by atoms with Crippen LogP contribution in [0.2, 0.25) is 0 Å². The van der Waals surface area contributed by atoms with Gasteiger partial charge in [-0.3, -0.25) is 4.79 Å². The van der Waals surface area contributed by atoms with Gasteiger partial charge in [-0.05, 0) is 48.7 Å². The van der Waals surface area contributed by atoms with Crippen LogP contribution in [0.25, 0.3) is 0 Å². The fourth-order valence-electron chi connectivity index (χ4n) is 4.03. The maximum absolute atomic E-state index is 12.9. The lowest BCUT2D eigenvalue weighted by molar-refractivity contribution is 0.0947. The quantitative estimate of drug-likeness (QED) is 0.683. The molecule has 1 N–H and O–H groups in total. The van der Waals surface area contributed by atoms with E-state index in [4.69, 9.17) is 9.47 Å². The zero-order chi connectivity index (χ0) is 22.6. The molecule has 2 aromatic carbocycles. The number of anilines is 1. The van der Waals surface area contributed by atoms with Crippen LogP contribution in [-0.4, -0.2) is 65.1 Å². The largest absolute Gasteiger partial charge is 0.496 e. The van der Waals surface area contributed by atoms with E-state index in [0.717, 1.165) is 50.4 Å². The minimum absolute atomic E-state index is 0.111. The van der Waals surface area contributed by atoms with Gasteiger partial charge in [0.1, 0.15) is 5.75 Å². The fourth-order valence-corrected chi connectivity index (χ4v) is 5.57. The van der Waals surface area contributed by atoms with E-state index < -0.39 is 10.0 Å². The van der Waals surface area contributed by atoms with Gasteiger partial charge in [0.25, 0.3) is 5.91 Å². The van der Waals surface area contributed by atoms with Crippen LogP contribution in [0.1, 0.15) is 28.8 Å². The Hall–Kier alpha value is -2.62. The Bertz CT molecular complexity index is 1040. The standard InChI is InChI=1S/C23H29N3O5S/c1-30-22-9-8-20(32(28,29)26-10-2-3-11-26)16-21(22)23(27)24-17-18-4-6-19(7-5-18)25-12-14-31-15-13-25/h4-9,16H,2-3,10-15,17H2,1H3,(H,24,27). The van der Waals surface area contributed by atoms with Crippen molar-refractivity contribution in [2.75, 3.05) is 51.4 Å². The second kappa shape index (κ2) is 9.89. The summed E-state index contributed by atoms with van der Waals surface area (Å²) in [5, 5.41) is 2.88. The van der Waals surface area contributed by atoms with Crippen molar-refractivity contribution in [3.8, 4) is 5.75 Å². The van der Waals surface area contributed by atoms with Crippen LogP contribution in [0.4, 0.5) is 5.69 Å². The van der Waals surface area contributed by atoms with E-state index in [-0.39, 0.29) is 16.4 Å². The molecule has 0 atom stereocenters. The van der Waals surface area contributed by atoms with Crippen molar-refractivity contribution in [3.63, 3.8) is 0 Å². The number of sulfonamides is 1. The molecule has 2 aliphatic heterocycles. The van der Waals surface area contributed by atoms with Crippen LogP contribution < -0.4 is 15.0 Å². The van der Waals surface area contributed by atoms with Gasteiger partial charge in [0.15, 0.2) is 0 Å². The Kier molecular flexibility index (Phi) is 6.98. The lowest BCUT2D eigenvalue weighted by Gasteiger charge is -2.28. The molecule has 2 fully saturated rings. The maximum Gasteiger partial charge on any atom is 0.255 e. The normalized spacial score (nSPS) is 17.3. The van der Waals surface area contributed by atoms with E-state index in [2.05, 4.69) is 10.2 Å². The molecule has 0 aliphatic carbocycles. The molecular weight excluding hydrogens is 430 g/mol. The van der Waals surface area contributed by atoms with Crippen LogP contribution in [0.3, 0.4) is 0 Å². The van der Waals surface area contributed by atoms with Gasteiger partial charge in [0.05, 0.1) is 30.8 Å². The predicted octanol–water partition coefficient (Wildman–Crippen LogP) is 2.25. The van der Waals surface area contributed by atoms with E-state index in [1.54, 1.807) is 0 Å². The molecule has 172 valence electrons. The van der Waals surface area contributed by atoms with Gasteiger partial charge in [0.2, 0.25) is 10.0 Å². The molecule has 2 aromatic rings. The highest BCUT2D eigenvalue weighted by atomic mass is 32.2. The number of hydrogen-bond donors (Lipinski definition) is 1. The number of morpholine rings is 1. The molecule has 0 aromatic heterocycles. The number of rotatable bonds is 7. The van der Waals surface area contributed by atoms with Crippen molar-refractivity contribution < 1.29 is 22.7 Å². The van der Waals surface area contributed by atoms with Crippen LogP contribution in [-0.2, 0) is 21.3 Å². The average molecular weight is 460 g/mol. The molecule has 1 amide bonds. The molecule has 2 aliphatic rings. The molecule has 0 unspecified atom stereocenters. The molecule has 4 rings (SSSR count). The first-order chi connectivity index (χ1) is 15.5. The number of carbonyl (C=O) groups is 1. The summed E-state index contributed by atoms with van der Waals surface area (Å²) in [7, 11) is -2.15. The van der Waals surface area contributed by atoms with Gasteiger partial charge < -0.3 is 19.7 Å². The smallest absolute Gasteiger partial charge is 0.255 e. The van der Waals surface area contributed by atoms with Crippen LogP contribution in [0.5, 0.6) is 5.75 Å². The van der Waals surface area contributed by atoms with Gasteiger partial charge in [-0.25, -0.2) is 8.42 Å². The fraction of sp³-hybridized carbons (Fsp3) is 0.435. The third-order valence-electron chi connectivity index (χ3n) is 5.88. The summed E-state index contributed by atoms with van der Waals surface area (Å²) in [5.41, 5.74) is 2.29. The van der Waals surface area contributed by atoms with E-state index in [0.29, 0.717) is 25.4 Å². The third-order valence-corrected chi connectivity index (χ3v) is 7.78. The van der Waals surface area contributed by atoms with Gasteiger partial charge >= 0.3 is 0 Å². The Balaban J connectivity index is 1.45. The molecule has 0 spiro atoms. The highest BCUT2D eigenvalue weighted by molar-refractivity contribution is 7.89. The van der Waals surface area contributed by atoms with Crippen molar-refractivity contribution in [2.45, 2.75) is 24.3 Å². The first-order valence-corrected chi connectivity index (χ1v) is 12.3. The predicted molar refractivity (Wildman–Crippen MR) is 122 cm³/mol. The number of carbonyl (C=O) groups excluding carboxylic acids is 1. The van der Waals surface area contributed by atoms with Gasteiger partial charge in [-0.15, -0.1) is 0 Å². The summed E-state index contributed by atoms with van der Waals surface area (Å²) in [6.07, 6.45) is 1.71. The maximum atomic E-state index is 12.9. The first kappa shape index (κ1) is 22.6. The third kappa shape index (κ3) is 4.90. The zero-order valence-corrected chi connectivity index (χ0v) is 19.1. The molecule has 0 radical (unpaired) electrons. The van der Waals surface area contributed by atoms with Crippen LogP contribution >= 0.6 is 0 Å². The number of nitrogens with one attached hydrogen (secondary N) is 1. The number of hydrogen-bond acceptors (Lipinski definition) is 6. The van der Waals surface area contributed by atoms with E-state index in [9.17, 15) is 13.2 Å². The molecule has 0 saturated carbocycles. The number of benzene rings is 2. The molecule has 2 saturated heterocycles. The van der Waals surface area contributed by atoms with Crippen LogP contribution in [0, 0.1) is 0 Å². The average Bonchev–Trinajstić information content (AvgIpc) is 3.39. The monoisotopic (exact) mass is 459 g/mol. The summed E-state index contributed by atoms with van der Waals surface area (Å²) >= 11 is 0. The highest BCUT2D eigenvalue weighted by Gasteiger charge is 2.28. The minimum Gasteiger partial charge on any atom is -0.496 e. The molecule has 2 heterocycles. The van der Waals surface area contributed by atoms with Crippen LogP contribution in [0.15, 0.2) is 47.4 Å². The lowest BCUT2D eigenvalue weighted by Crippen LogP contribution is -2.36. The van der Waals surface area contributed by atoms with E-state index >= 15 is 0 Å². The summed E-state index contributed by atoms with van der Waals surface area (Å²) in [4.78, 5) is 15.3. The number of amides is 1. The summed E-state index contributed by atoms with van der Waals surface area (Å²) in [6.45, 7) is 4.54. The summed E-state index contributed by atoms with van der Waals surface area (Å²) in [6, 6.07) is 12.5. The second-order valence-electron chi connectivity index (χ2n) is 7.92. The number of ether oxygens (including phenoxy) is 2. The molecule has 8 nitrogen and oxygen atoms in total. The highest BCUT2D eigenvalue weighted by Crippen LogP contribution is 2.26. The molecule has 0 bridgehead atoms. The number of methoxy groups -OCH3 is 1. The molecule has 9 heteroatoms. The van der Waals surface area contributed by atoms with E-state index in [1.165, 1.54) is 29.6 Å². The minimum atomic E-state index is -3.62. The van der Waals surface area contributed by atoms with Crippen molar-refractivity contribution in [3.05, 3.63) is 53.6 Å². The van der Waals surface area contributed by atoms with Crippen molar-refractivity contribution in [1.29, 1.82) is 0 Å². The zero-order valence-electron chi connectivity index (χ0n) is 18.2. The van der Waals surface area contributed by atoms with Gasteiger partial charge in [0, 0.05) is 38.4 Å². The number of nitrogens with zero attached hydrogens (tertiary/aromatic N) is 2. The summed E-state index contributed by atoms with van der Waals surface area (Å²) in [5.74, 6) is -0.0388. The Labute approximate surface area is 189 Å². The van der Waals surface area contributed by atoms with Gasteiger partial charge in [-0.2, -0.15) is 4.31 Å².